The number of halogens is 1. The van der Waals surface area contributed by atoms with Crippen molar-refractivity contribution >= 4 is 17.5 Å². The molecule has 164 valence electrons. The van der Waals surface area contributed by atoms with E-state index < -0.39 is 18.6 Å². The number of nitrogens with two attached hydrogens (primary N) is 1. The molecule has 4 aromatic rings. The molecule has 3 N–H and O–H groups in total. The molecule has 3 aromatic heterocycles. The van der Waals surface area contributed by atoms with Crippen LogP contribution < -0.4 is 15.8 Å². The first-order chi connectivity index (χ1) is 15.5. The number of nitrogen functional groups attached to an aromatic ring is 1. The monoisotopic (exact) mass is 435 g/mol. The highest BCUT2D eigenvalue weighted by Gasteiger charge is 2.24. The predicted octanol–water partition coefficient (Wildman–Crippen LogP) is 2.63. The fraction of sp³-hybridized carbons (Fsp3) is 0.273. The van der Waals surface area contributed by atoms with E-state index in [0.717, 1.165) is 23.3 Å². The number of pyridine rings is 1. The minimum absolute atomic E-state index is 0.0456. The molecule has 0 spiro atoms. The van der Waals surface area contributed by atoms with E-state index >= 15 is 0 Å². The molecule has 5 rings (SSSR count). The Kier molecular flexibility index (Phi) is 4.96. The lowest BCUT2D eigenvalue weighted by Gasteiger charge is -2.26. The minimum Gasteiger partial charge on any atom is -0.493 e. The third-order valence-corrected chi connectivity index (χ3v) is 5.48. The van der Waals surface area contributed by atoms with Gasteiger partial charge in [0.25, 0.3) is 5.91 Å². The van der Waals surface area contributed by atoms with E-state index in [9.17, 15) is 9.18 Å². The van der Waals surface area contributed by atoms with Crippen LogP contribution in [0.25, 0.3) is 16.8 Å². The van der Waals surface area contributed by atoms with Crippen LogP contribution in [-0.4, -0.2) is 49.6 Å². The van der Waals surface area contributed by atoms with E-state index in [1.54, 1.807) is 25.4 Å². The van der Waals surface area contributed by atoms with Crippen LogP contribution in [0.3, 0.4) is 0 Å². The number of aromatic nitrogens is 5. The molecule has 0 fully saturated rings. The Balaban J connectivity index is 1.54. The van der Waals surface area contributed by atoms with Crippen LogP contribution >= 0.6 is 0 Å². The Hall–Kier alpha value is -3.95. The van der Waals surface area contributed by atoms with Crippen LogP contribution in [0.4, 0.5) is 10.3 Å². The summed E-state index contributed by atoms with van der Waals surface area (Å²) < 4.78 is 22.0. The Morgan fingerprint density at radius 2 is 2.19 bits per heavy atom. The molecule has 2 atom stereocenters. The maximum absolute atomic E-state index is 12.9. The van der Waals surface area contributed by atoms with Crippen LogP contribution in [-0.2, 0) is 0 Å². The molecule has 1 amide bonds. The lowest BCUT2D eigenvalue weighted by Crippen LogP contribution is -2.34. The number of fused-ring (bicyclic) bond motifs is 2. The Bertz CT molecular complexity index is 1300. The quantitative estimate of drug-likeness (QED) is 0.498. The molecule has 4 heterocycles. The molecule has 1 aromatic carbocycles. The van der Waals surface area contributed by atoms with Crippen LogP contribution in [0.1, 0.15) is 35.3 Å². The summed E-state index contributed by atoms with van der Waals surface area (Å²) in [6.07, 6.45) is 6.21. The Labute approximate surface area is 183 Å². The van der Waals surface area contributed by atoms with Crippen LogP contribution in [0.2, 0.25) is 0 Å². The summed E-state index contributed by atoms with van der Waals surface area (Å²) >= 11 is 0. The second-order valence-electron chi connectivity index (χ2n) is 7.81. The van der Waals surface area contributed by atoms with Crippen molar-refractivity contribution in [2.45, 2.75) is 25.4 Å². The lowest BCUT2D eigenvalue weighted by atomic mass is 10.0. The van der Waals surface area contributed by atoms with Gasteiger partial charge in [0.2, 0.25) is 5.95 Å². The van der Waals surface area contributed by atoms with Gasteiger partial charge in [-0.05, 0) is 19.1 Å². The van der Waals surface area contributed by atoms with Gasteiger partial charge in [-0.15, -0.1) is 5.10 Å². The van der Waals surface area contributed by atoms with E-state index in [-0.39, 0.29) is 17.6 Å². The first-order valence-electron chi connectivity index (χ1n) is 10.3. The molecule has 0 bridgehead atoms. The number of para-hydroxylation sites is 1. The van der Waals surface area contributed by atoms with E-state index in [2.05, 4.69) is 20.5 Å². The highest BCUT2D eigenvalue weighted by Crippen LogP contribution is 2.35. The second kappa shape index (κ2) is 7.95. The Morgan fingerprint density at radius 3 is 3.03 bits per heavy atom. The minimum atomic E-state index is -0.671. The maximum atomic E-state index is 12.9. The van der Waals surface area contributed by atoms with Gasteiger partial charge in [-0.1, -0.05) is 18.2 Å². The average Bonchev–Trinajstić information content (AvgIpc) is 3.44. The summed E-state index contributed by atoms with van der Waals surface area (Å²) in [5.74, 6) is 0.464. The van der Waals surface area contributed by atoms with Gasteiger partial charge in [-0.3, -0.25) is 9.48 Å². The summed E-state index contributed by atoms with van der Waals surface area (Å²) in [5.41, 5.74) is 8.92. The van der Waals surface area contributed by atoms with Gasteiger partial charge < -0.3 is 15.8 Å². The molecule has 0 saturated heterocycles. The van der Waals surface area contributed by atoms with Crippen molar-refractivity contribution in [3.05, 3.63) is 60.0 Å². The Morgan fingerprint density at radius 1 is 1.34 bits per heavy atom. The molecule has 9 nitrogen and oxygen atoms in total. The van der Waals surface area contributed by atoms with Crippen LogP contribution in [0.5, 0.6) is 5.75 Å². The summed E-state index contributed by atoms with van der Waals surface area (Å²) in [6, 6.07) is 9.05. The van der Waals surface area contributed by atoms with Crippen LogP contribution in [0, 0.1) is 0 Å². The van der Waals surface area contributed by atoms with E-state index in [4.69, 9.17) is 10.5 Å². The molecule has 0 radical (unpaired) electrons. The molecule has 0 saturated carbocycles. The van der Waals surface area contributed by atoms with Gasteiger partial charge in [0.1, 0.15) is 12.4 Å². The summed E-state index contributed by atoms with van der Waals surface area (Å²) in [4.78, 5) is 16.9. The molecule has 10 heteroatoms. The van der Waals surface area contributed by atoms with Crippen molar-refractivity contribution < 1.29 is 13.9 Å². The van der Waals surface area contributed by atoms with Gasteiger partial charge in [-0.2, -0.15) is 10.1 Å². The standard InChI is InChI=1S/C22H22FN7O2/c1-13(9-23)26-21(31)17-8-14(11-30-20(17)27-22(24)28-30)15-10-25-29(12-15)18-6-7-32-19-5-3-2-4-16(18)19/h2-5,8,10-13,18H,6-7,9H2,1H3,(H2,24,28)(H,26,31). The summed E-state index contributed by atoms with van der Waals surface area (Å²) in [7, 11) is 0. The molecule has 2 unspecified atom stereocenters. The summed E-state index contributed by atoms with van der Waals surface area (Å²) in [5, 5.41) is 11.4. The zero-order chi connectivity index (χ0) is 22.2. The van der Waals surface area contributed by atoms with Gasteiger partial charge in [-0.25, -0.2) is 8.91 Å². The predicted molar refractivity (Wildman–Crippen MR) is 116 cm³/mol. The second-order valence-corrected chi connectivity index (χ2v) is 7.81. The zero-order valence-corrected chi connectivity index (χ0v) is 17.4. The molecule has 32 heavy (non-hydrogen) atoms. The van der Waals surface area contributed by atoms with Gasteiger partial charge in [0.15, 0.2) is 5.65 Å². The van der Waals surface area contributed by atoms with Crippen molar-refractivity contribution in [2.24, 2.45) is 0 Å². The van der Waals surface area contributed by atoms with Crippen molar-refractivity contribution in [3.63, 3.8) is 0 Å². The van der Waals surface area contributed by atoms with Gasteiger partial charge >= 0.3 is 0 Å². The number of ether oxygens (including phenoxy) is 1. The number of alkyl halides is 1. The van der Waals surface area contributed by atoms with E-state index in [1.165, 1.54) is 4.52 Å². The number of rotatable bonds is 5. The number of nitrogens with one attached hydrogen (secondary N) is 1. The topological polar surface area (TPSA) is 112 Å². The molecular weight excluding hydrogens is 413 g/mol. The zero-order valence-electron chi connectivity index (χ0n) is 17.4. The summed E-state index contributed by atoms with van der Waals surface area (Å²) in [6.45, 7) is 1.53. The largest absolute Gasteiger partial charge is 0.493 e. The lowest BCUT2D eigenvalue weighted by molar-refractivity contribution is 0.0935. The third-order valence-electron chi connectivity index (χ3n) is 5.48. The molecule has 1 aliphatic rings. The average molecular weight is 435 g/mol. The van der Waals surface area contributed by atoms with Crippen LogP contribution in [0.15, 0.2) is 48.9 Å². The smallest absolute Gasteiger partial charge is 0.255 e. The molecular formula is C22H22FN7O2. The highest BCUT2D eigenvalue weighted by atomic mass is 19.1. The first-order valence-corrected chi connectivity index (χ1v) is 10.3. The van der Waals surface area contributed by atoms with Crippen molar-refractivity contribution in [2.75, 3.05) is 19.0 Å². The van der Waals surface area contributed by atoms with E-state index in [1.807, 2.05) is 35.1 Å². The maximum Gasteiger partial charge on any atom is 0.255 e. The fourth-order valence-corrected chi connectivity index (χ4v) is 3.92. The SMILES string of the molecule is CC(CF)NC(=O)c1cc(-c2cnn(C3CCOc4ccccc43)c2)cn2nc(N)nc12. The number of carbonyl (C=O) groups is 1. The number of benzene rings is 1. The molecule has 0 aliphatic carbocycles. The number of anilines is 1. The number of nitrogens with zero attached hydrogens (tertiary/aromatic N) is 5. The normalized spacial score (nSPS) is 16.4. The van der Waals surface area contributed by atoms with E-state index in [0.29, 0.717) is 17.8 Å². The van der Waals surface area contributed by atoms with Gasteiger partial charge in [0.05, 0.1) is 30.5 Å². The number of hydrogen-bond donors (Lipinski definition) is 2. The number of amides is 1. The molecule has 1 aliphatic heterocycles. The first kappa shape index (κ1) is 20.0. The highest BCUT2D eigenvalue weighted by molar-refractivity contribution is 6.01. The van der Waals surface area contributed by atoms with Crippen molar-refractivity contribution in [1.29, 1.82) is 0 Å². The third kappa shape index (κ3) is 3.53. The van der Waals surface area contributed by atoms with Crippen molar-refractivity contribution in [1.82, 2.24) is 29.7 Å². The number of carbonyl (C=O) groups excluding carboxylic acids is 1. The number of hydrogen-bond acceptors (Lipinski definition) is 6. The van der Waals surface area contributed by atoms with Gasteiger partial charge in [0, 0.05) is 35.5 Å². The fourth-order valence-electron chi connectivity index (χ4n) is 3.92. The van der Waals surface area contributed by atoms with Crippen molar-refractivity contribution in [3.8, 4) is 16.9 Å².